The van der Waals surface area contributed by atoms with Gasteiger partial charge in [0.15, 0.2) is 5.82 Å². The molecule has 0 amide bonds. The van der Waals surface area contributed by atoms with Crippen LogP contribution in [-0.4, -0.2) is 43.6 Å². The second-order valence-corrected chi connectivity index (χ2v) is 7.38. The van der Waals surface area contributed by atoms with E-state index in [1.807, 2.05) is 36.6 Å². The molecule has 0 aliphatic rings. The van der Waals surface area contributed by atoms with E-state index in [9.17, 15) is 0 Å². The molecule has 0 atom stereocenters. The lowest BCUT2D eigenvalue weighted by molar-refractivity contribution is 0.325. The highest BCUT2D eigenvalue weighted by atomic mass is 35.5. The van der Waals surface area contributed by atoms with Gasteiger partial charge in [-0.15, -0.1) is 0 Å². The summed E-state index contributed by atoms with van der Waals surface area (Å²) in [6.45, 7) is 0.850. The maximum Gasteiger partial charge on any atom is 0.229 e. The van der Waals surface area contributed by atoms with E-state index in [1.54, 1.807) is 20.3 Å². The van der Waals surface area contributed by atoms with Crippen LogP contribution in [0.4, 0.5) is 28.8 Å². The monoisotopic (exact) mass is 476 g/mol. The number of halogens is 1. The number of rotatable bonds is 11. The Morgan fingerprint density at radius 1 is 1.00 bits per heavy atom. The van der Waals surface area contributed by atoms with Crippen LogP contribution in [0.3, 0.4) is 0 Å². The number of hydrogen-bond donors (Lipinski definition) is 4. The van der Waals surface area contributed by atoms with Crippen molar-refractivity contribution in [3.63, 3.8) is 0 Å². The summed E-state index contributed by atoms with van der Waals surface area (Å²) in [6.07, 6.45) is 3.46. The van der Waals surface area contributed by atoms with Crippen LogP contribution < -0.4 is 35.3 Å². The number of ether oxygens (including phenoxy) is 3. The summed E-state index contributed by atoms with van der Waals surface area (Å²) in [4.78, 5) is 8.79. The van der Waals surface area contributed by atoms with Crippen LogP contribution in [0.25, 0.3) is 0 Å². The third-order valence-corrected chi connectivity index (χ3v) is 4.94. The molecule has 5 N–H and O–H groups in total. The second-order valence-electron chi connectivity index (χ2n) is 6.36. The third kappa shape index (κ3) is 6.00. The molecule has 0 aliphatic carbocycles. The van der Waals surface area contributed by atoms with Crippen LogP contribution in [0.1, 0.15) is 0 Å². The lowest BCUT2D eigenvalue weighted by Gasteiger charge is -2.15. The Morgan fingerprint density at radius 3 is 2.50 bits per heavy atom. The van der Waals surface area contributed by atoms with Crippen LogP contribution >= 0.6 is 23.5 Å². The molecule has 1 heterocycles. The molecule has 0 aliphatic heterocycles. The fourth-order valence-electron chi connectivity index (χ4n) is 2.76. The number of aromatic nitrogens is 2. The number of benzene rings is 2. The van der Waals surface area contributed by atoms with Crippen LogP contribution in [0, 0.1) is 0 Å². The maximum atomic E-state index is 6.35. The molecular weight excluding hydrogens is 452 g/mol. The van der Waals surface area contributed by atoms with Gasteiger partial charge in [-0.3, -0.25) is 0 Å². The average molecular weight is 477 g/mol. The normalized spacial score (nSPS) is 10.4. The average Bonchev–Trinajstić information content (AvgIpc) is 2.81. The molecule has 0 radical (unpaired) electrons. The van der Waals surface area contributed by atoms with Crippen molar-refractivity contribution >= 4 is 52.4 Å². The summed E-state index contributed by atoms with van der Waals surface area (Å²) in [6, 6.07) is 11.0. The number of hydrogen-bond acceptors (Lipinski definition) is 10. The van der Waals surface area contributed by atoms with Gasteiger partial charge in [-0.1, -0.05) is 23.5 Å². The zero-order valence-electron chi connectivity index (χ0n) is 17.9. The molecule has 32 heavy (non-hydrogen) atoms. The highest BCUT2D eigenvalue weighted by molar-refractivity contribution is 7.99. The molecule has 9 nitrogen and oxygen atoms in total. The third-order valence-electron chi connectivity index (χ3n) is 4.24. The molecule has 2 aromatic carbocycles. The Hall–Kier alpha value is -3.08. The summed E-state index contributed by atoms with van der Waals surface area (Å²) >= 11 is 7.81. The second kappa shape index (κ2) is 11.5. The highest BCUT2D eigenvalue weighted by Crippen LogP contribution is 2.34. The fraction of sp³-hybridized carbons (Fsp3) is 0.238. The zero-order valence-corrected chi connectivity index (χ0v) is 19.5. The molecule has 3 rings (SSSR count). The fourth-order valence-corrected chi connectivity index (χ4v) is 3.29. The van der Waals surface area contributed by atoms with Gasteiger partial charge in [0, 0.05) is 24.9 Å². The van der Waals surface area contributed by atoms with Crippen molar-refractivity contribution in [2.24, 2.45) is 5.73 Å². The van der Waals surface area contributed by atoms with Gasteiger partial charge in [0.25, 0.3) is 0 Å². The summed E-state index contributed by atoms with van der Waals surface area (Å²) in [5.74, 6) is 2.76. The SMILES string of the molecule is COc1ccc(Nc2nc(Nc3ccc(OCCN)cc3OC)ncc2Cl)c(NSC)c1. The molecule has 170 valence electrons. The summed E-state index contributed by atoms with van der Waals surface area (Å²) in [7, 11) is 3.20. The molecule has 0 spiro atoms. The maximum absolute atomic E-state index is 6.35. The molecule has 3 aromatic rings. The van der Waals surface area contributed by atoms with Crippen molar-refractivity contribution in [3.8, 4) is 17.2 Å². The van der Waals surface area contributed by atoms with Crippen molar-refractivity contribution in [3.05, 3.63) is 47.6 Å². The molecule has 11 heteroatoms. The molecule has 0 saturated carbocycles. The van der Waals surface area contributed by atoms with Gasteiger partial charge in [-0.05, 0) is 24.3 Å². The van der Waals surface area contributed by atoms with Crippen molar-refractivity contribution in [1.82, 2.24) is 9.97 Å². The Balaban J connectivity index is 1.84. The van der Waals surface area contributed by atoms with E-state index in [4.69, 9.17) is 31.5 Å². The zero-order chi connectivity index (χ0) is 22.9. The predicted octanol–water partition coefficient (Wildman–Crippen LogP) is 4.66. The standard InChI is InChI=1S/C21H25ClN6O3S/c1-29-13-4-6-16(18(10-13)28-32-3)25-20-15(22)12-24-21(27-20)26-17-7-5-14(31-9-8-23)11-19(17)30-2/h4-7,10-12,28H,8-9,23H2,1-3H3,(H2,24,25,26,27). The van der Waals surface area contributed by atoms with E-state index in [1.165, 1.54) is 18.1 Å². The van der Waals surface area contributed by atoms with E-state index in [0.29, 0.717) is 47.1 Å². The van der Waals surface area contributed by atoms with E-state index >= 15 is 0 Å². The lowest BCUT2D eigenvalue weighted by atomic mass is 10.2. The predicted molar refractivity (Wildman–Crippen MR) is 131 cm³/mol. The largest absolute Gasteiger partial charge is 0.497 e. The highest BCUT2D eigenvalue weighted by Gasteiger charge is 2.12. The van der Waals surface area contributed by atoms with Gasteiger partial charge in [-0.25, -0.2) is 4.98 Å². The lowest BCUT2D eigenvalue weighted by Crippen LogP contribution is -2.10. The minimum absolute atomic E-state index is 0.346. The van der Waals surface area contributed by atoms with E-state index in [0.717, 1.165) is 17.1 Å². The number of nitrogens with zero attached hydrogens (tertiary/aromatic N) is 2. The molecule has 0 bridgehead atoms. The molecular formula is C21H25ClN6O3S. The summed E-state index contributed by atoms with van der Waals surface area (Å²) < 4.78 is 19.5. The first-order valence-electron chi connectivity index (χ1n) is 9.62. The quantitative estimate of drug-likeness (QED) is 0.291. The molecule has 0 fully saturated rings. The summed E-state index contributed by atoms with van der Waals surface area (Å²) in [5, 5.41) is 6.77. The van der Waals surface area contributed by atoms with Gasteiger partial charge in [0.2, 0.25) is 5.95 Å². The van der Waals surface area contributed by atoms with Gasteiger partial charge in [0.1, 0.15) is 28.9 Å². The smallest absolute Gasteiger partial charge is 0.229 e. The van der Waals surface area contributed by atoms with Crippen molar-refractivity contribution in [1.29, 1.82) is 0 Å². The molecule has 0 saturated heterocycles. The molecule has 0 unspecified atom stereocenters. The minimum Gasteiger partial charge on any atom is -0.497 e. The Labute approximate surface area is 196 Å². The summed E-state index contributed by atoms with van der Waals surface area (Å²) in [5.41, 5.74) is 7.78. The number of anilines is 5. The van der Waals surface area contributed by atoms with Crippen LogP contribution in [0.15, 0.2) is 42.6 Å². The number of nitrogens with two attached hydrogens (primary N) is 1. The Bertz CT molecular complexity index is 1060. The van der Waals surface area contributed by atoms with Gasteiger partial charge in [0.05, 0.1) is 37.5 Å². The van der Waals surface area contributed by atoms with Crippen molar-refractivity contribution < 1.29 is 14.2 Å². The Morgan fingerprint density at radius 2 is 1.78 bits per heavy atom. The minimum atomic E-state index is 0.346. The first-order valence-corrected chi connectivity index (χ1v) is 11.2. The van der Waals surface area contributed by atoms with Gasteiger partial charge >= 0.3 is 0 Å². The van der Waals surface area contributed by atoms with Crippen molar-refractivity contribution in [2.45, 2.75) is 0 Å². The molecule has 1 aromatic heterocycles. The number of methoxy groups -OCH3 is 2. The van der Waals surface area contributed by atoms with E-state index in [2.05, 4.69) is 25.3 Å². The van der Waals surface area contributed by atoms with Crippen LogP contribution in [0.5, 0.6) is 17.2 Å². The van der Waals surface area contributed by atoms with Crippen molar-refractivity contribution in [2.75, 3.05) is 49.0 Å². The van der Waals surface area contributed by atoms with Crippen LogP contribution in [0.2, 0.25) is 5.02 Å². The van der Waals surface area contributed by atoms with E-state index in [-0.39, 0.29) is 0 Å². The topological polar surface area (TPSA) is 116 Å². The number of nitrogens with one attached hydrogen (secondary N) is 3. The Kier molecular flexibility index (Phi) is 8.48. The van der Waals surface area contributed by atoms with Gasteiger partial charge in [-0.2, -0.15) is 4.98 Å². The van der Waals surface area contributed by atoms with Crippen LogP contribution in [-0.2, 0) is 0 Å². The van der Waals surface area contributed by atoms with E-state index < -0.39 is 0 Å². The van der Waals surface area contributed by atoms with Gasteiger partial charge < -0.3 is 35.3 Å². The first-order chi connectivity index (χ1) is 15.6. The first kappa shape index (κ1) is 23.6.